The fraction of sp³-hybridized carbons (Fsp3) is 0.176. The molecule has 0 radical (unpaired) electrons. The molecule has 2 rings (SSSR count). The van der Waals surface area contributed by atoms with Gasteiger partial charge in [0, 0.05) is 0 Å². The van der Waals surface area contributed by atoms with Crippen molar-refractivity contribution in [1.82, 2.24) is 0 Å². The Labute approximate surface area is 109 Å². The van der Waals surface area contributed by atoms with Gasteiger partial charge in [0.1, 0.15) is 5.75 Å². The van der Waals surface area contributed by atoms with Crippen molar-refractivity contribution in [3.63, 3.8) is 0 Å². The summed E-state index contributed by atoms with van der Waals surface area (Å²) in [6.45, 7) is 7.95. The summed E-state index contributed by atoms with van der Waals surface area (Å²) in [5, 5.41) is 0. The van der Waals surface area contributed by atoms with Crippen LogP contribution in [0.25, 0.3) is 11.1 Å². The van der Waals surface area contributed by atoms with Crippen LogP contribution in [0, 0.1) is 0 Å². The Hall–Kier alpha value is -2.02. The maximum absolute atomic E-state index is 5.21. The van der Waals surface area contributed by atoms with Crippen molar-refractivity contribution >= 4 is 0 Å². The van der Waals surface area contributed by atoms with Crippen LogP contribution in [0.2, 0.25) is 0 Å². The highest BCUT2D eigenvalue weighted by atomic mass is 16.5. The van der Waals surface area contributed by atoms with Gasteiger partial charge >= 0.3 is 0 Å². The van der Waals surface area contributed by atoms with E-state index in [1.54, 1.807) is 0 Å². The molecule has 0 spiro atoms. The van der Waals surface area contributed by atoms with Gasteiger partial charge in [-0.15, -0.1) is 0 Å². The molecule has 0 aliphatic carbocycles. The van der Waals surface area contributed by atoms with Crippen LogP contribution >= 0.6 is 0 Å². The van der Waals surface area contributed by atoms with Gasteiger partial charge in [-0.3, -0.25) is 0 Å². The van der Waals surface area contributed by atoms with E-state index < -0.39 is 0 Å². The number of hydrogen-bond donors (Lipinski definition) is 0. The zero-order chi connectivity index (χ0) is 13.0. The molecular weight excluding hydrogens is 220 g/mol. The maximum atomic E-state index is 5.21. The number of benzene rings is 2. The first-order valence-electron chi connectivity index (χ1n) is 6.18. The van der Waals surface area contributed by atoms with Gasteiger partial charge in [-0.05, 0) is 34.7 Å². The third-order valence-electron chi connectivity index (χ3n) is 2.98. The van der Waals surface area contributed by atoms with E-state index in [2.05, 4.69) is 56.8 Å². The average Bonchev–Trinajstić information content (AvgIpc) is 2.40. The topological polar surface area (TPSA) is 9.23 Å². The summed E-state index contributed by atoms with van der Waals surface area (Å²) in [6.07, 6.45) is 1.44. The maximum Gasteiger partial charge on any atom is 0.126 e. The second kappa shape index (κ2) is 5.54. The van der Waals surface area contributed by atoms with Crippen LogP contribution in [0.3, 0.4) is 0 Å². The molecule has 0 bridgehead atoms. The molecule has 1 heteroatoms. The minimum Gasteiger partial charge on any atom is -0.466 e. The Morgan fingerprint density at radius 2 is 1.39 bits per heavy atom. The Bertz CT molecular complexity index is 506. The van der Waals surface area contributed by atoms with E-state index in [9.17, 15) is 0 Å². The fourth-order valence-electron chi connectivity index (χ4n) is 1.88. The summed E-state index contributed by atoms with van der Waals surface area (Å²) in [5.41, 5.74) is 3.79. The van der Waals surface area contributed by atoms with Crippen LogP contribution in [0.1, 0.15) is 25.3 Å². The lowest BCUT2D eigenvalue weighted by Gasteiger charge is -2.07. The van der Waals surface area contributed by atoms with Gasteiger partial charge in [-0.25, -0.2) is 0 Å². The third-order valence-corrected chi connectivity index (χ3v) is 2.98. The summed E-state index contributed by atoms with van der Waals surface area (Å²) >= 11 is 0. The molecule has 0 saturated heterocycles. The first kappa shape index (κ1) is 12.4. The first-order chi connectivity index (χ1) is 8.70. The molecule has 0 aliphatic rings. The highest BCUT2D eigenvalue weighted by Crippen LogP contribution is 2.24. The molecule has 92 valence electrons. The predicted octanol–water partition coefficient (Wildman–Crippen LogP) is 5.00. The van der Waals surface area contributed by atoms with E-state index >= 15 is 0 Å². The summed E-state index contributed by atoms with van der Waals surface area (Å²) < 4.78 is 5.21. The molecule has 2 aromatic rings. The lowest BCUT2D eigenvalue weighted by molar-refractivity contribution is 0.483. The van der Waals surface area contributed by atoms with E-state index in [-0.39, 0.29) is 0 Å². The van der Waals surface area contributed by atoms with Crippen LogP contribution < -0.4 is 4.74 Å². The van der Waals surface area contributed by atoms with Gasteiger partial charge in [0.15, 0.2) is 0 Å². The summed E-state index contributed by atoms with van der Waals surface area (Å²) in [5.74, 6) is 1.38. The Morgan fingerprint density at radius 1 is 0.889 bits per heavy atom. The quantitative estimate of drug-likeness (QED) is 0.681. The zero-order valence-electron chi connectivity index (χ0n) is 10.9. The van der Waals surface area contributed by atoms with Gasteiger partial charge in [0.2, 0.25) is 0 Å². The largest absolute Gasteiger partial charge is 0.466 e. The number of ether oxygens (including phenoxy) is 1. The predicted molar refractivity (Wildman–Crippen MR) is 76.8 cm³/mol. The average molecular weight is 238 g/mol. The molecule has 0 amide bonds. The summed E-state index contributed by atoms with van der Waals surface area (Å²) in [4.78, 5) is 0. The molecule has 0 saturated carbocycles. The van der Waals surface area contributed by atoms with Crippen LogP contribution in [0.5, 0.6) is 5.75 Å². The molecule has 1 nitrogen and oxygen atoms in total. The zero-order valence-corrected chi connectivity index (χ0v) is 10.9. The van der Waals surface area contributed by atoms with Crippen LogP contribution in [-0.2, 0) is 0 Å². The Morgan fingerprint density at radius 3 is 1.83 bits per heavy atom. The lowest BCUT2D eigenvalue weighted by atomic mass is 9.99. The van der Waals surface area contributed by atoms with E-state index in [1.165, 1.54) is 23.0 Å². The number of hydrogen-bond acceptors (Lipinski definition) is 1. The van der Waals surface area contributed by atoms with Crippen molar-refractivity contribution in [1.29, 1.82) is 0 Å². The number of rotatable bonds is 4. The lowest BCUT2D eigenvalue weighted by Crippen LogP contribution is -1.87. The Kier molecular flexibility index (Phi) is 3.83. The molecule has 0 unspecified atom stereocenters. The molecule has 0 fully saturated rings. The van der Waals surface area contributed by atoms with Crippen molar-refractivity contribution < 1.29 is 4.74 Å². The van der Waals surface area contributed by atoms with E-state index in [0.29, 0.717) is 5.92 Å². The molecule has 0 N–H and O–H groups in total. The van der Waals surface area contributed by atoms with Crippen molar-refractivity contribution in [2.75, 3.05) is 0 Å². The van der Waals surface area contributed by atoms with Crippen molar-refractivity contribution in [2.45, 2.75) is 19.8 Å². The molecule has 0 heterocycles. The SMILES string of the molecule is C=COc1ccc(-c2ccc(C(C)C)cc2)cc1. The van der Waals surface area contributed by atoms with Gasteiger partial charge in [0.05, 0.1) is 6.26 Å². The second-order valence-electron chi connectivity index (χ2n) is 4.59. The summed E-state index contributed by atoms with van der Waals surface area (Å²) in [7, 11) is 0. The van der Waals surface area contributed by atoms with Gasteiger partial charge in [0.25, 0.3) is 0 Å². The molecule has 18 heavy (non-hydrogen) atoms. The fourth-order valence-corrected chi connectivity index (χ4v) is 1.88. The standard InChI is InChI=1S/C17H18O/c1-4-18-17-11-9-16(10-12-17)15-7-5-14(6-8-15)13(2)3/h4-13H,1H2,2-3H3. The highest BCUT2D eigenvalue weighted by molar-refractivity contribution is 5.64. The molecular formula is C17H18O. The van der Waals surface area contributed by atoms with Crippen molar-refractivity contribution in [3.8, 4) is 16.9 Å². The molecule has 0 aromatic heterocycles. The second-order valence-corrected chi connectivity index (χ2v) is 4.59. The minimum atomic E-state index is 0.572. The van der Waals surface area contributed by atoms with E-state index in [1.807, 2.05) is 12.1 Å². The van der Waals surface area contributed by atoms with E-state index in [0.717, 1.165) is 5.75 Å². The normalized spacial score (nSPS) is 10.4. The van der Waals surface area contributed by atoms with Gasteiger partial charge < -0.3 is 4.74 Å². The monoisotopic (exact) mass is 238 g/mol. The Balaban J connectivity index is 2.22. The molecule has 0 aliphatic heterocycles. The third kappa shape index (κ3) is 2.80. The van der Waals surface area contributed by atoms with Crippen LogP contribution in [0.4, 0.5) is 0 Å². The van der Waals surface area contributed by atoms with Crippen LogP contribution in [-0.4, -0.2) is 0 Å². The minimum absolute atomic E-state index is 0.572. The highest BCUT2D eigenvalue weighted by Gasteiger charge is 2.01. The smallest absolute Gasteiger partial charge is 0.126 e. The van der Waals surface area contributed by atoms with Crippen molar-refractivity contribution in [3.05, 3.63) is 66.9 Å². The summed E-state index contributed by atoms with van der Waals surface area (Å²) in [6, 6.07) is 16.7. The van der Waals surface area contributed by atoms with Crippen molar-refractivity contribution in [2.24, 2.45) is 0 Å². The van der Waals surface area contributed by atoms with Gasteiger partial charge in [-0.1, -0.05) is 56.8 Å². The molecule has 0 atom stereocenters. The first-order valence-corrected chi connectivity index (χ1v) is 6.18. The van der Waals surface area contributed by atoms with Crippen LogP contribution in [0.15, 0.2) is 61.4 Å². The molecule has 2 aromatic carbocycles. The van der Waals surface area contributed by atoms with E-state index in [4.69, 9.17) is 4.74 Å². The van der Waals surface area contributed by atoms with Gasteiger partial charge in [-0.2, -0.15) is 0 Å².